The largest absolute Gasteiger partial charge is 0.504 e. The molecule has 1 fully saturated rings. The number of nitrogens with two attached hydrogens (primary N) is 2. The number of aromatic hydroxyl groups is 1. The Bertz CT molecular complexity index is 1410. The van der Waals surface area contributed by atoms with Crippen LogP contribution in [0.3, 0.4) is 0 Å². The molecule has 0 aromatic heterocycles. The van der Waals surface area contributed by atoms with E-state index in [4.69, 9.17) is 16.2 Å². The molecule has 3 aliphatic rings. The maximum Gasteiger partial charge on any atom is 0.227 e. The number of aliphatic hydroxyl groups excluding tert-OH is 2. The van der Waals surface area contributed by atoms with Gasteiger partial charge >= 0.3 is 0 Å². The van der Waals surface area contributed by atoms with Crippen LogP contribution in [0.1, 0.15) is 87.1 Å². The molecule has 3 atom stereocenters. The monoisotopic (exact) mass is 617 g/mol. The fourth-order valence-electron chi connectivity index (χ4n) is 6.70. The van der Waals surface area contributed by atoms with Crippen molar-refractivity contribution in [3.63, 3.8) is 0 Å². The number of phenolic OH excluding ortho intramolecular Hbond substituents is 1. The van der Waals surface area contributed by atoms with Gasteiger partial charge < -0.3 is 31.5 Å². The molecule has 1 saturated carbocycles. The van der Waals surface area contributed by atoms with Gasteiger partial charge in [0.1, 0.15) is 24.2 Å². The van der Waals surface area contributed by atoms with Crippen molar-refractivity contribution < 1.29 is 29.8 Å². The van der Waals surface area contributed by atoms with E-state index >= 15 is 0 Å². The highest BCUT2D eigenvalue weighted by atomic mass is 16.5. The molecule has 2 aromatic rings. The first-order chi connectivity index (χ1) is 21.7. The number of phenols is 1. The number of hydrogen-bond acceptors (Lipinski definition) is 8. The van der Waals surface area contributed by atoms with Crippen LogP contribution in [-0.4, -0.2) is 52.3 Å². The van der Waals surface area contributed by atoms with E-state index in [1.54, 1.807) is 18.2 Å². The third kappa shape index (κ3) is 9.58. The zero-order valence-corrected chi connectivity index (χ0v) is 26.2. The standard InChI is InChI=1S/C36H48N4O5/c37-36(38)27-8-4-7-26(15-27)16-28-20-39-33-22-40(21-32(28)33)23-45-35-17-25(11-14-34(35)44)10-13-30(42)19-31(43)18-29(41)12-9-24-5-2-1-3-6-24/h4,7-8,11,14-15,17,20-21,24,29,31,36,41,43-44H,1-3,5-6,9-10,12-13,16,18-19,22-23,37-38H2/p+1/t29-,31-/m1/s1. The van der Waals surface area contributed by atoms with Crippen molar-refractivity contribution >= 4 is 11.5 Å². The molecular weight excluding hydrogens is 568 g/mol. The van der Waals surface area contributed by atoms with E-state index in [1.807, 2.05) is 24.4 Å². The molecule has 8 N–H and O–H groups in total. The van der Waals surface area contributed by atoms with Crippen LogP contribution in [0.15, 0.2) is 71.0 Å². The Morgan fingerprint density at radius 2 is 1.87 bits per heavy atom. The van der Waals surface area contributed by atoms with Gasteiger partial charge in [-0.1, -0.05) is 62.4 Å². The van der Waals surface area contributed by atoms with Crippen molar-refractivity contribution in [2.45, 2.75) is 95.4 Å². The van der Waals surface area contributed by atoms with Gasteiger partial charge in [-0.05, 0) is 72.4 Å². The minimum absolute atomic E-state index is 0.0422. The van der Waals surface area contributed by atoms with Crippen molar-refractivity contribution in [2.75, 3.05) is 13.3 Å². The number of benzene rings is 2. The number of Topliss-reactive ketones (excluding diaryl/α,β-unsaturated/α-hetero) is 1. The van der Waals surface area contributed by atoms with Crippen LogP contribution in [0.5, 0.6) is 11.5 Å². The summed E-state index contributed by atoms with van der Waals surface area (Å²) in [5.74, 6) is 1.07. The predicted octanol–water partition coefficient (Wildman–Crippen LogP) is 3.37. The van der Waals surface area contributed by atoms with Crippen LogP contribution >= 0.6 is 0 Å². The number of nitrogens with zero attached hydrogens (tertiary/aromatic N) is 1. The van der Waals surface area contributed by atoms with Crippen molar-refractivity contribution in [3.05, 3.63) is 82.7 Å². The van der Waals surface area contributed by atoms with E-state index in [0.29, 0.717) is 37.8 Å². The zero-order valence-electron chi connectivity index (χ0n) is 26.2. The summed E-state index contributed by atoms with van der Waals surface area (Å²) >= 11 is 0. The SMILES string of the molecule is NC(N)c1cccc(CC2=CN=C3C[NH+](COc4cc(CCC(=O)C[C@H](O)C[C@H](O)CCC5CCCCC5)ccc4O)C=C23)c1. The van der Waals surface area contributed by atoms with E-state index in [0.717, 1.165) is 51.3 Å². The summed E-state index contributed by atoms with van der Waals surface area (Å²) in [6.45, 7) is 1.01. The highest BCUT2D eigenvalue weighted by Crippen LogP contribution is 2.29. The number of ether oxygens (including phenoxy) is 1. The lowest BCUT2D eigenvalue weighted by atomic mass is 9.85. The number of carbonyl (C=O) groups excluding carboxylic acids is 1. The number of hydrogen-bond donors (Lipinski definition) is 6. The van der Waals surface area contributed by atoms with Gasteiger partial charge in [-0.15, -0.1) is 0 Å². The minimum Gasteiger partial charge on any atom is -0.504 e. The zero-order chi connectivity index (χ0) is 31.8. The molecule has 9 heteroatoms. The summed E-state index contributed by atoms with van der Waals surface area (Å²) in [6.07, 6.45) is 11.9. The Kier molecular flexibility index (Phi) is 11.6. The second-order valence-corrected chi connectivity index (χ2v) is 13.0. The van der Waals surface area contributed by atoms with E-state index in [1.165, 1.54) is 32.1 Å². The number of fused-ring (bicyclic) bond motifs is 1. The quantitative estimate of drug-likeness (QED) is 0.158. The molecule has 5 rings (SSSR count). The molecule has 242 valence electrons. The summed E-state index contributed by atoms with van der Waals surface area (Å²) in [4.78, 5) is 18.3. The second-order valence-electron chi connectivity index (χ2n) is 13.0. The Balaban J connectivity index is 1.05. The lowest BCUT2D eigenvalue weighted by Gasteiger charge is -2.23. The van der Waals surface area contributed by atoms with Gasteiger partial charge in [0.05, 0.1) is 23.9 Å². The van der Waals surface area contributed by atoms with Crippen molar-refractivity contribution in [2.24, 2.45) is 22.4 Å². The highest BCUT2D eigenvalue weighted by molar-refractivity contribution is 6.08. The van der Waals surface area contributed by atoms with Gasteiger partial charge in [0, 0.05) is 19.0 Å². The fourth-order valence-corrected chi connectivity index (χ4v) is 6.70. The first kappa shape index (κ1) is 33.0. The van der Waals surface area contributed by atoms with E-state index in [-0.39, 0.29) is 30.8 Å². The number of aliphatic hydroxyl groups is 2. The first-order valence-electron chi connectivity index (χ1n) is 16.5. The molecule has 2 aliphatic heterocycles. The summed E-state index contributed by atoms with van der Waals surface area (Å²) in [7, 11) is 0. The fraction of sp³-hybridized carbons (Fsp3) is 0.500. The maximum absolute atomic E-state index is 12.6. The summed E-state index contributed by atoms with van der Waals surface area (Å²) in [6, 6.07) is 13.1. The Morgan fingerprint density at radius 3 is 2.67 bits per heavy atom. The van der Waals surface area contributed by atoms with Crippen molar-refractivity contribution in [3.8, 4) is 11.5 Å². The summed E-state index contributed by atoms with van der Waals surface area (Å²) in [5, 5.41) is 31.2. The lowest BCUT2D eigenvalue weighted by molar-refractivity contribution is -0.851. The van der Waals surface area contributed by atoms with Crippen molar-refractivity contribution in [1.29, 1.82) is 0 Å². The highest BCUT2D eigenvalue weighted by Gasteiger charge is 2.30. The van der Waals surface area contributed by atoms with Crippen LogP contribution in [0.2, 0.25) is 0 Å². The molecule has 0 spiro atoms. The Morgan fingerprint density at radius 1 is 1.04 bits per heavy atom. The van der Waals surface area contributed by atoms with E-state index in [2.05, 4.69) is 17.3 Å². The van der Waals surface area contributed by atoms with Gasteiger partial charge in [0.2, 0.25) is 6.73 Å². The molecule has 1 aliphatic carbocycles. The number of aryl methyl sites for hydroxylation is 1. The van der Waals surface area contributed by atoms with Gasteiger partial charge in [-0.2, -0.15) is 0 Å². The predicted molar refractivity (Wildman–Crippen MR) is 175 cm³/mol. The number of carbonyl (C=O) groups is 1. The summed E-state index contributed by atoms with van der Waals surface area (Å²) < 4.78 is 6.02. The average molecular weight is 618 g/mol. The molecule has 45 heavy (non-hydrogen) atoms. The second kappa shape index (κ2) is 15.8. The minimum atomic E-state index is -0.830. The molecule has 0 saturated heterocycles. The number of allylic oxidation sites excluding steroid dienone is 1. The average Bonchev–Trinajstić information content (AvgIpc) is 3.60. The third-order valence-electron chi connectivity index (χ3n) is 9.28. The normalized spacial score (nSPS) is 19.6. The smallest absolute Gasteiger partial charge is 0.227 e. The number of quaternary nitrogens is 1. The molecule has 0 bridgehead atoms. The summed E-state index contributed by atoms with van der Waals surface area (Å²) in [5.41, 5.74) is 17.9. The van der Waals surface area contributed by atoms with Gasteiger partial charge in [-0.25, -0.2) is 0 Å². The number of rotatable bonds is 16. The van der Waals surface area contributed by atoms with Gasteiger partial charge in [0.15, 0.2) is 11.5 Å². The number of ketones is 1. The first-order valence-corrected chi connectivity index (χ1v) is 16.5. The molecule has 9 nitrogen and oxygen atoms in total. The van der Waals surface area contributed by atoms with Gasteiger partial charge in [-0.3, -0.25) is 14.7 Å². The van der Waals surface area contributed by atoms with Crippen LogP contribution in [0, 0.1) is 5.92 Å². The molecule has 2 aromatic carbocycles. The van der Waals surface area contributed by atoms with E-state index in [9.17, 15) is 20.1 Å². The van der Waals surface area contributed by atoms with Crippen molar-refractivity contribution in [1.82, 2.24) is 0 Å². The van der Waals surface area contributed by atoms with Crippen LogP contribution < -0.4 is 21.1 Å². The topological polar surface area (TPSA) is 156 Å². The third-order valence-corrected chi connectivity index (χ3v) is 9.28. The van der Waals surface area contributed by atoms with E-state index < -0.39 is 18.4 Å². The Labute approximate surface area is 266 Å². The number of nitrogens with one attached hydrogen (secondary N) is 1. The lowest BCUT2D eigenvalue weighted by Crippen LogP contribution is -3.07. The molecule has 1 unspecified atom stereocenters. The van der Waals surface area contributed by atoms with Crippen LogP contribution in [-0.2, 0) is 17.6 Å². The molecular formula is C36H49N4O5+. The number of aliphatic imine (C=N–C) groups is 1. The molecule has 2 heterocycles. The maximum atomic E-state index is 12.6. The van der Waals surface area contributed by atoms with Crippen LogP contribution in [0.25, 0.3) is 0 Å². The molecule has 0 amide bonds. The van der Waals surface area contributed by atoms with Gasteiger partial charge in [0.25, 0.3) is 0 Å². The Hall–Kier alpha value is -3.34. The van der Waals surface area contributed by atoms with Crippen LogP contribution in [0.4, 0.5) is 0 Å². The molecule has 0 radical (unpaired) electrons.